The van der Waals surface area contributed by atoms with Crippen molar-refractivity contribution in [3.8, 4) is 0 Å². The first-order chi connectivity index (χ1) is 6.50. The minimum Gasteiger partial charge on any atom is -0.300 e. The van der Waals surface area contributed by atoms with Gasteiger partial charge in [0.05, 0.1) is 0 Å². The van der Waals surface area contributed by atoms with Crippen molar-refractivity contribution >= 4 is 0 Å². The molecule has 0 radical (unpaired) electrons. The zero-order valence-electron chi connectivity index (χ0n) is 10.0. The van der Waals surface area contributed by atoms with Gasteiger partial charge in [0.1, 0.15) is 0 Å². The number of fused-ring (bicyclic) bond motifs is 1. The highest BCUT2D eigenvalue weighted by Crippen LogP contribution is 2.70. The lowest BCUT2D eigenvalue weighted by atomic mass is 9.89. The molecule has 80 valence electrons. The van der Waals surface area contributed by atoms with Gasteiger partial charge in [-0.3, -0.25) is 4.90 Å². The van der Waals surface area contributed by atoms with E-state index in [1.54, 1.807) is 0 Å². The van der Waals surface area contributed by atoms with E-state index in [0.717, 1.165) is 17.9 Å². The molecule has 0 amide bonds. The first-order valence-electron chi connectivity index (χ1n) is 6.25. The first kappa shape index (κ1) is 9.21. The number of likely N-dealkylation sites (tertiary alicyclic amines) is 1. The SMILES string of the molecule is CCN1CC2C(C1C1(C)CC1)C2(C)C. The van der Waals surface area contributed by atoms with Crippen LogP contribution in [0.5, 0.6) is 0 Å². The second-order valence-electron chi connectivity index (χ2n) is 6.64. The molecule has 2 saturated carbocycles. The van der Waals surface area contributed by atoms with E-state index in [2.05, 4.69) is 32.6 Å². The Morgan fingerprint density at radius 3 is 2.36 bits per heavy atom. The molecule has 1 saturated heterocycles. The molecule has 2 aliphatic carbocycles. The van der Waals surface area contributed by atoms with Gasteiger partial charge in [0.25, 0.3) is 0 Å². The van der Waals surface area contributed by atoms with Crippen molar-refractivity contribution in [3.05, 3.63) is 0 Å². The lowest BCUT2D eigenvalue weighted by Gasteiger charge is -2.34. The molecular formula is C13H23N. The van der Waals surface area contributed by atoms with Crippen LogP contribution in [0.3, 0.4) is 0 Å². The molecule has 0 aromatic rings. The zero-order chi connectivity index (χ0) is 10.1. The molecule has 14 heavy (non-hydrogen) atoms. The lowest BCUT2D eigenvalue weighted by Crippen LogP contribution is -2.41. The Morgan fingerprint density at radius 1 is 1.21 bits per heavy atom. The van der Waals surface area contributed by atoms with Crippen LogP contribution < -0.4 is 0 Å². The normalized spacial score (nSPS) is 47.6. The first-order valence-corrected chi connectivity index (χ1v) is 6.25. The summed E-state index contributed by atoms with van der Waals surface area (Å²) in [4.78, 5) is 2.76. The maximum absolute atomic E-state index is 2.76. The Hall–Kier alpha value is -0.0400. The third kappa shape index (κ3) is 0.946. The van der Waals surface area contributed by atoms with Crippen LogP contribution in [0.1, 0.15) is 40.5 Å². The summed E-state index contributed by atoms with van der Waals surface area (Å²) < 4.78 is 0. The fourth-order valence-electron chi connectivity index (χ4n) is 4.05. The molecule has 3 aliphatic rings. The molecule has 1 aliphatic heterocycles. The van der Waals surface area contributed by atoms with E-state index < -0.39 is 0 Å². The minimum atomic E-state index is 0.669. The summed E-state index contributed by atoms with van der Waals surface area (Å²) in [6, 6.07) is 0.924. The van der Waals surface area contributed by atoms with Crippen molar-refractivity contribution in [1.29, 1.82) is 0 Å². The molecule has 1 nitrogen and oxygen atoms in total. The molecule has 0 N–H and O–H groups in total. The van der Waals surface area contributed by atoms with Crippen molar-refractivity contribution < 1.29 is 0 Å². The van der Waals surface area contributed by atoms with E-state index in [-0.39, 0.29) is 0 Å². The van der Waals surface area contributed by atoms with Crippen LogP contribution in [-0.2, 0) is 0 Å². The molecule has 0 bridgehead atoms. The zero-order valence-corrected chi connectivity index (χ0v) is 10.0. The second-order valence-corrected chi connectivity index (χ2v) is 6.64. The average Bonchev–Trinajstić information content (AvgIpc) is 2.91. The summed E-state index contributed by atoms with van der Waals surface area (Å²) >= 11 is 0. The molecule has 1 heterocycles. The van der Waals surface area contributed by atoms with Gasteiger partial charge in [0.15, 0.2) is 0 Å². The maximum atomic E-state index is 2.76. The largest absolute Gasteiger partial charge is 0.300 e. The predicted octanol–water partition coefficient (Wildman–Crippen LogP) is 2.76. The summed E-state index contributed by atoms with van der Waals surface area (Å²) in [5, 5.41) is 0. The third-order valence-corrected chi connectivity index (χ3v) is 5.46. The van der Waals surface area contributed by atoms with Crippen LogP contribution in [0.4, 0.5) is 0 Å². The summed E-state index contributed by atoms with van der Waals surface area (Å²) in [6.07, 6.45) is 2.96. The standard InChI is InChI=1S/C13H23N/c1-5-14-8-9-10(12(9,2)3)11(14)13(4)6-7-13/h9-11H,5-8H2,1-4H3. The van der Waals surface area contributed by atoms with Gasteiger partial charge in [-0.05, 0) is 42.1 Å². The van der Waals surface area contributed by atoms with Crippen molar-refractivity contribution in [1.82, 2.24) is 4.90 Å². The van der Waals surface area contributed by atoms with Gasteiger partial charge in [-0.2, -0.15) is 0 Å². The third-order valence-electron chi connectivity index (χ3n) is 5.46. The van der Waals surface area contributed by atoms with Gasteiger partial charge in [-0.15, -0.1) is 0 Å². The van der Waals surface area contributed by atoms with Crippen molar-refractivity contribution in [3.63, 3.8) is 0 Å². The number of piperidine rings is 1. The van der Waals surface area contributed by atoms with Crippen LogP contribution in [0.25, 0.3) is 0 Å². The smallest absolute Gasteiger partial charge is 0.0186 e. The van der Waals surface area contributed by atoms with Gasteiger partial charge in [-0.25, -0.2) is 0 Å². The fourth-order valence-corrected chi connectivity index (χ4v) is 4.05. The van der Waals surface area contributed by atoms with E-state index in [0.29, 0.717) is 10.8 Å². The molecule has 1 heteroatoms. The highest BCUT2D eigenvalue weighted by molar-refractivity contribution is 5.21. The van der Waals surface area contributed by atoms with Gasteiger partial charge in [0.2, 0.25) is 0 Å². The van der Waals surface area contributed by atoms with E-state index in [9.17, 15) is 0 Å². The van der Waals surface area contributed by atoms with Gasteiger partial charge in [-0.1, -0.05) is 27.7 Å². The number of hydrogen-bond donors (Lipinski definition) is 0. The Morgan fingerprint density at radius 2 is 1.86 bits per heavy atom. The topological polar surface area (TPSA) is 3.24 Å². The Balaban J connectivity index is 1.85. The summed E-state index contributed by atoms with van der Waals surface area (Å²) in [7, 11) is 0. The molecule has 0 spiro atoms. The van der Waals surface area contributed by atoms with Crippen molar-refractivity contribution in [2.24, 2.45) is 22.7 Å². The fraction of sp³-hybridized carbons (Fsp3) is 1.00. The number of rotatable bonds is 2. The van der Waals surface area contributed by atoms with Crippen LogP contribution in [0, 0.1) is 22.7 Å². The van der Waals surface area contributed by atoms with Crippen molar-refractivity contribution in [2.75, 3.05) is 13.1 Å². The monoisotopic (exact) mass is 193 g/mol. The number of hydrogen-bond acceptors (Lipinski definition) is 1. The van der Waals surface area contributed by atoms with Gasteiger partial charge < -0.3 is 0 Å². The molecule has 3 atom stereocenters. The molecule has 0 aromatic heterocycles. The molecule has 3 unspecified atom stereocenters. The predicted molar refractivity (Wildman–Crippen MR) is 59.1 cm³/mol. The van der Waals surface area contributed by atoms with Crippen LogP contribution in [-0.4, -0.2) is 24.0 Å². The van der Waals surface area contributed by atoms with Crippen LogP contribution in [0.15, 0.2) is 0 Å². The quantitative estimate of drug-likeness (QED) is 0.652. The van der Waals surface area contributed by atoms with E-state index >= 15 is 0 Å². The molecular weight excluding hydrogens is 170 g/mol. The second kappa shape index (κ2) is 2.37. The molecule has 0 aromatic carbocycles. The molecule has 3 rings (SSSR count). The Kier molecular flexibility index (Phi) is 1.56. The van der Waals surface area contributed by atoms with E-state index in [1.807, 2.05) is 0 Å². The van der Waals surface area contributed by atoms with E-state index in [4.69, 9.17) is 0 Å². The summed E-state index contributed by atoms with van der Waals surface area (Å²) in [5.74, 6) is 2.04. The summed E-state index contributed by atoms with van der Waals surface area (Å²) in [6.45, 7) is 12.5. The van der Waals surface area contributed by atoms with Crippen molar-refractivity contribution in [2.45, 2.75) is 46.6 Å². The van der Waals surface area contributed by atoms with Crippen LogP contribution in [0.2, 0.25) is 0 Å². The average molecular weight is 193 g/mol. The van der Waals surface area contributed by atoms with Crippen LogP contribution >= 0.6 is 0 Å². The maximum Gasteiger partial charge on any atom is 0.0186 e. The lowest BCUT2D eigenvalue weighted by molar-refractivity contribution is 0.132. The minimum absolute atomic E-state index is 0.669. The van der Waals surface area contributed by atoms with Gasteiger partial charge >= 0.3 is 0 Å². The van der Waals surface area contributed by atoms with Gasteiger partial charge in [0, 0.05) is 12.6 Å². The Labute approximate surface area is 87.9 Å². The highest BCUT2D eigenvalue weighted by atomic mass is 15.2. The molecule has 3 fully saturated rings. The Bertz CT molecular complexity index is 264. The summed E-state index contributed by atoms with van der Waals surface area (Å²) in [5.41, 5.74) is 1.37. The van der Waals surface area contributed by atoms with E-state index in [1.165, 1.54) is 25.9 Å². The highest BCUT2D eigenvalue weighted by Gasteiger charge is 2.70. The number of nitrogens with zero attached hydrogens (tertiary/aromatic N) is 1.